The topological polar surface area (TPSA) is 49.6 Å². The normalized spacial score (nSPS) is 24.2. The van der Waals surface area contributed by atoms with Gasteiger partial charge >= 0.3 is 0 Å². The van der Waals surface area contributed by atoms with Gasteiger partial charge in [-0.3, -0.25) is 9.98 Å². The highest BCUT2D eigenvalue weighted by atomic mass is 15.0. The van der Waals surface area contributed by atoms with Crippen molar-refractivity contribution in [3.63, 3.8) is 0 Å². The lowest BCUT2D eigenvalue weighted by Crippen LogP contribution is -2.39. The fraction of sp³-hybridized carbons (Fsp3) is 0.278. The minimum atomic E-state index is 0.271. The second-order valence-corrected chi connectivity index (χ2v) is 5.63. The van der Waals surface area contributed by atoms with Crippen LogP contribution in [0.25, 0.3) is 0 Å². The molecular weight excluding hydrogens is 272 g/mol. The van der Waals surface area contributed by atoms with Crippen LogP contribution in [0.5, 0.6) is 0 Å². The molecule has 0 spiro atoms. The largest absolute Gasteiger partial charge is 0.365 e. The predicted molar refractivity (Wildman–Crippen MR) is 91.2 cm³/mol. The van der Waals surface area contributed by atoms with Crippen LogP contribution < -0.4 is 5.32 Å². The molecule has 0 aromatic carbocycles. The van der Waals surface area contributed by atoms with Gasteiger partial charge in [-0.25, -0.2) is 4.99 Å². The molecule has 1 N–H and O–H groups in total. The van der Waals surface area contributed by atoms with Crippen LogP contribution >= 0.6 is 0 Å². The fourth-order valence-electron chi connectivity index (χ4n) is 2.52. The Morgan fingerprint density at radius 1 is 1.27 bits per heavy atom. The van der Waals surface area contributed by atoms with Crippen molar-refractivity contribution in [1.29, 1.82) is 0 Å². The van der Waals surface area contributed by atoms with E-state index >= 15 is 0 Å². The molecule has 2 aliphatic rings. The molecule has 0 amide bonds. The summed E-state index contributed by atoms with van der Waals surface area (Å²) in [6, 6.07) is 4.20. The lowest BCUT2D eigenvalue weighted by atomic mass is 9.94. The molecule has 2 unspecified atom stereocenters. The van der Waals surface area contributed by atoms with Crippen LogP contribution in [0.4, 0.5) is 0 Å². The van der Waals surface area contributed by atoms with E-state index in [0.29, 0.717) is 12.5 Å². The molecule has 1 aliphatic heterocycles. The summed E-state index contributed by atoms with van der Waals surface area (Å²) < 4.78 is 0. The lowest BCUT2D eigenvalue weighted by molar-refractivity contribution is 0.568. The van der Waals surface area contributed by atoms with Crippen LogP contribution in [0.1, 0.15) is 19.4 Å². The minimum absolute atomic E-state index is 0.271. The number of pyridine rings is 1. The third kappa shape index (κ3) is 3.39. The number of amidine groups is 1. The monoisotopic (exact) mass is 292 g/mol. The number of hydrogen-bond donors (Lipinski definition) is 1. The quantitative estimate of drug-likeness (QED) is 0.911. The molecule has 0 fully saturated rings. The number of aliphatic imine (C=N–C) groups is 2. The van der Waals surface area contributed by atoms with Crippen molar-refractivity contribution in [2.24, 2.45) is 15.9 Å². The molecule has 0 saturated heterocycles. The minimum Gasteiger partial charge on any atom is -0.365 e. The molecule has 0 saturated carbocycles. The summed E-state index contributed by atoms with van der Waals surface area (Å²) in [4.78, 5) is 13.3. The number of rotatable bonds is 2. The van der Waals surface area contributed by atoms with Crippen LogP contribution in [0, 0.1) is 5.92 Å². The van der Waals surface area contributed by atoms with E-state index in [-0.39, 0.29) is 6.04 Å². The van der Waals surface area contributed by atoms with Gasteiger partial charge < -0.3 is 5.32 Å². The Bertz CT molecular complexity index is 680. The SMILES string of the molecule is CC1=CC(NC2=NC=CC(c3cccnc3)=NC2)C(C)C=C1. The molecule has 4 heteroatoms. The van der Waals surface area contributed by atoms with Crippen LogP contribution in [-0.4, -0.2) is 29.1 Å². The van der Waals surface area contributed by atoms with E-state index in [1.165, 1.54) is 5.57 Å². The summed E-state index contributed by atoms with van der Waals surface area (Å²) >= 11 is 0. The molecule has 2 atom stereocenters. The van der Waals surface area contributed by atoms with Crippen molar-refractivity contribution in [3.8, 4) is 0 Å². The van der Waals surface area contributed by atoms with E-state index in [9.17, 15) is 0 Å². The van der Waals surface area contributed by atoms with Crippen molar-refractivity contribution in [1.82, 2.24) is 10.3 Å². The molecule has 3 rings (SSSR count). The van der Waals surface area contributed by atoms with Gasteiger partial charge in [-0.05, 0) is 31.1 Å². The summed E-state index contributed by atoms with van der Waals surface area (Å²) in [5, 5.41) is 3.50. The van der Waals surface area contributed by atoms with Crippen molar-refractivity contribution >= 4 is 11.5 Å². The highest BCUT2D eigenvalue weighted by Crippen LogP contribution is 2.16. The predicted octanol–water partition coefficient (Wildman–Crippen LogP) is 2.91. The third-order valence-corrected chi connectivity index (χ3v) is 3.82. The average molecular weight is 292 g/mol. The van der Waals surface area contributed by atoms with Gasteiger partial charge in [-0.1, -0.05) is 30.7 Å². The van der Waals surface area contributed by atoms with E-state index < -0.39 is 0 Å². The van der Waals surface area contributed by atoms with Crippen molar-refractivity contribution in [2.45, 2.75) is 19.9 Å². The summed E-state index contributed by atoms with van der Waals surface area (Å²) in [6.07, 6.45) is 14.0. The molecule has 0 radical (unpaired) electrons. The average Bonchev–Trinajstić information content (AvgIpc) is 2.77. The number of nitrogens with zero attached hydrogens (tertiary/aromatic N) is 3. The van der Waals surface area contributed by atoms with Gasteiger partial charge in [-0.2, -0.15) is 0 Å². The zero-order valence-electron chi connectivity index (χ0n) is 12.9. The Kier molecular flexibility index (Phi) is 4.28. The maximum atomic E-state index is 4.64. The summed E-state index contributed by atoms with van der Waals surface area (Å²) in [5.41, 5.74) is 3.21. The molecule has 112 valence electrons. The highest BCUT2D eigenvalue weighted by molar-refractivity contribution is 6.10. The maximum Gasteiger partial charge on any atom is 0.124 e. The van der Waals surface area contributed by atoms with Crippen LogP contribution in [0.2, 0.25) is 0 Å². The maximum absolute atomic E-state index is 4.64. The highest BCUT2D eigenvalue weighted by Gasteiger charge is 2.17. The van der Waals surface area contributed by atoms with Gasteiger partial charge in [0, 0.05) is 24.2 Å². The molecule has 1 aromatic rings. The van der Waals surface area contributed by atoms with Crippen molar-refractivity contribution in [3.05, 3.63) is 66.2 Å². The van der Waals surface area contributed by atoms with Gasteiger partial charge in [0.05, 0.1) is 18.3 Å². The molecule has 4 nitrogen and oxygen atoms in total. The molecule has 0 bridgehead atoms. The van der Waals surface area contributed by atoms with Crippen LogP contribution in [0.3, 0.4) is 0 Å². The fourth-order valence-corrected chi connectivity index (χ4v) is 2.52. The summed E-state index contributed by atoms with van der Waals surface area (Å²) in [7, 11) is 0. The zero-order chi connectivity index (χ0) is 15.4. The standard InChI is InChI=1S/C18H20N4/c1-13-5-6-14(2)17(10-13)22-18-12-21-16(7-9-20-18)15-4-3-8-19-11-15/h3-11,14,17H,12H2,1-2H3,(H,20,22). The van der Waals surface area contributed by atoms with E-state index in [1.807, 2.05) is 24.4 Å². The van der Waals surface area contributed by atoms with Crippen LogP contribution in [-0.2, 0) is 0 Å². The number of nitrogens with one attached hydrogen (secondary N) is 1. The Hall–Kier alpha value is -2.49. The van der Waals surface area contributed by atoms with E-state index in [0.717, 1.165) is 17.1 Å². The second-order valence-electron chi connectivity index (χ2n) is 5.63. The smallest absolute Gasteiger partial charge is 0.124 e. The Morgan fingerprint density at radius 2 is 2.18 bits per heavy atom. The molecule has 2 heterocycles. The summed E-state index contributed by atoms with van der Waals surface area (Å²) in [6.45, 7) is 4.87. The van der Waals surface area contributed by atoms with Gasteiger partial charge in [0.25, 0.3) is 0 Å². The molecule has 1 aliphatic carbocycles. The van der Waals surface area contributed by atoms with E-state index in [1.54, 1.807) is 12.4 Å². The number of aromatic nitrogens is 1. The third-order valence-electron chi connectivity index (χ3n) is 3.82. The first-order valence-corrected chi connectivity index (χ1v) is 7.53. The first kappa shape index (κ1) is 14.4. The van der Waals surface area contributed by atoms with Gasteiger partial charge in [0.15, 0.2) is 0 Å². The first-order valence-electron chi connectivity index (χ1n) is 7.53. The van der Waals surface area contributed by atoms with E-state index in [2.05, 4.69) is 52.4 Å². The summed E-state index contributed by atoms with van der Waals surface area (Å²) in [5.74, 6) is 1.34. The zero-order valence-corrected chi connectivity index (χ0v) is 12.9. The molecule has 1 aromatic heterocycles. The molecular formula is C18H20N4. The Morgan fingerprint density at radius 3 is 3.00 bits per heavy atom. The Balaban J connectivity index is 1.71. The van der Waals surface area contributed by atoms with Crippen LogP contribution in [0.15, 0.2) is 70.6 Å². The van der Waals surface area contributed by atoms with Gasteiger partial charge in [0.1, 0.15) is 5.84 Å². The first-order chi connectivity index (χ1) is 10.7. The number of hydrogen-bond acceptors (Lipinski definition) is 4. The van der Waals surface area contributed by atoms with E-state index in [4.69, 9.17) is 0 Å². The number of allylic oxidation sites excluding steroid dienone is 3. The Labute approximate surface area is 131 Å². The van der Waals surface area contributed by atoms with Gasteiger partial charge in [-0.15, -0.1) is 0 Å². The van der Waals surface area contributed by atoms with Gasteiger partial charge in [0.2, 0.25) is 0 Å². The lowest BCUT2D eigenvalue weighted by Gasteiger charge is -2.24. The van der Waals surface area contributed by atoms with Crippen molar-refractivity contribution in [2.75, 3.05) is 6.54 Å². The molecule has 22 heavy (non-hydrogen) atoms. The second kappa shape index (κ2) is 6.52. The van der Waals surface area contributed by atoms with Crippen molar-refractivity contribution < 1.29 is 0 Å².